The van der Waals surface area contributed by atoms with Gasteiger partial charge in [0, 0.05) is 32.5 Å². The zero-order valence-electron chi connectivity index (χ0n) is 11.9. The highest BCUT2D eigenvalue weighted by Gasteiger charge is 2.44. The Balaban J connectivity index is 1.53. The summed E-state index contributed by atoms with van der Waals surface area (Å²) in [5, 5.41) is 0. The van der Waals surface area contributed by atoms with E-state index in [2.05, 4.69) is 0 Å². The summed E-state index contributed by atoms with van der Waals surface area (Å²) >= 11 is 0. The molecule has 0 aromatic heterocycles. The number of piperidine rings is 1. The third-order valence-electron chi connectivity index (χ3n) is 4.63. The molecule has 19 heavy (non-hydrogen) atoms. The van der Waals surface area contributed by atoms with Gasteiger partial charge in [-0.05, 0) is 31.6 Å². The molecule has 2 heterocycles. The van der Waals surface area contributed by atoms with Crippen LogP contribution in [0, 0.1) is 5.92 Å². The SMILES string of the molecule is CCC(=O)N1CCC[C@]2(C[C@@H](OCC3CC3)CO2)C1. The largest absolute Gasteiger partial charge is 0.375 e. The number of amides is 1. The summed E-state index contributed by atoms with van der Waals surface area (Å²) in [6.07, 6.45) is 6.60. The smallest absolute Gasteiger partial charge is 0.222 e. The quantitative estimate of drug-likeness (QED) is 0.781. The van der Waals surface area contributed by atoms with Crippen LogP contribution in [0.1, 0.15) is 45.4 Å². The highest BCUT2D eigenvalue weighted by atomic mass is 16.6. The molecule has 1 aliphatic carbocycles. The molecule has 3 fully saturated rings. The molecule has 0 bridgehead atoms. The molecule has 3 aliphatic rings. The van der Waals surface area contributed by atoms with Crippen LogP contribution in [0.25, 0.3) is 0 Å². The van der Waals surface area contributed by atoms with E-state index < -0.39 is 0 Å². The van der Waals surface area contributed by atoms with Crippen molar-refractivity contribution >= 4 is 5.91 Å². The van der Waals surface area contributed by atoms with Gasteiger partial charge in [-0.15, -0.1) is 0 Å². The Morgan fingerprint density at radius 1 is 1.47 bits per heavy atom. The molecule has 0 aromatic rings. The van der Waals surface area contributed by atoms with Crippen molar-refractivity contribution in [1.29, 1.82) is 0 Å². The van der Waals surface area contributed by atoms with E-state index in [0.29, 0.717) is 13.0 Å². The first-order valence-electron chi connectivity index (χ1n) is 7.74. The standard InChI is InChI=1S/C15H25NO3/c1-2-14(17)16-7-3-6-15(11-16)8-13(10-19-15)18-9-12-4-5-12/h12-13H,2-11H2,1H3/t13-,15+/m1/s1. The molecule has 4 nitrogen and oxygen atoms in total. The Bertz CT molecular complexity index is 342. The van der Waals surface area contributed by atoms with E-state index in [0.717, 1.165) is 44.9 Å². The molecule has 1 amide bonds. The van der Waals surface area contributed by atoms with Crippen LogP contribution in [-0.2, 0) is 14.3 Å². The average Bonchev–Trinajstić information content (AvgIpc) is 3.19. The third kappa shape index (κ3) is 3.11. The number of hydrogen-bond donors (Lipinski definition) is 0. The maximum absolute atomic E-state index is 11.9. The second kappa shape index (κ2) is 5.41. The maximum atomic E-state index is 11.9. The molecular formula is C15H25NO3. The highest BCUT2D eigenvalue weighted by Crippen LogP contribution is 2.37. The lowest BCUT2D eigenvalue weighted by atomic mass is 9.89. The molecule has 2 aliphatic heterocycles. The predicted octanol–water partition coefficient (Wildman–Crippen LogP) is 1.97. The molecule has 3 rings (SSSR count). The minimum Gasteiger partial charge on any atom is -0.375 e. The molecule has 1 saturated carbocycles. The molecule has 0 aromatic carbocycles. The third-order valence-corrected chi connectivity index (χ3v) is 4.63. The summed E-state index contributed by atoms with van der Waals surface area (Å²) in [4.78, 5) is 13.8. The summed E-state index contributed by atoms with van der Waals surface area (Å²) in [5.41, 5.74) is -0.114. The van der Waals surface area contributed by atoms with Crippen molar-refractivity contribution in [2.75, 3.05) is 26.3 Å². The van der Waals surface area contributed by atoms with Gasteiger partial charge in [0.05, 0.1) is 18.3 Å². The van der Waals surface area contributed by atoms with Gasteiger partial charge in [-0.2, -0.15) is 0 Å². The van der Waals surface area contributed by atoms with Crippen molar-refractivity contribution in [3.05, 3.63) is 0 Å². The minimum atomic E-state index is -0.114. The Kier molecular flexibility index (Phi) is 3.81. The molecule has 0 unspecified atom stereocenters. The molecule has 108 valence electrons. The summed E-state index contributed by atoms with van der Waals surface area (Å²) in [6, 6.07) is 0. The van der Waals surface area contributed by atoms with E-state index in [9.17, 15) is 4.79 Å². The highest BCUT2D eigenvalue weighted by molar-refractivity contribution is 5.76. The van der Waals surface area contributed by atoms with Gasteiger partial charge in [-0.3, -0.25) is 4.79 Å². The number of rotatable bonds is 4. The first-order chi connectivity index (χ1) is 9.21. The van der Waals surface area contributed by atoms with Gasteiger partial charge in [0.25, 0.3) is 0 Å². The lowest BCUT2D eigenvalue weighted by Gasteiger charge is -2.39. The molecule has 0 radical (unpaired) electrons. The first-order valence-corrected chi connectivity index (χ1v) is 7.74. The van der Waals surface area contributed by atoms with E-state index in [1.807, 2.05) is 11.8 Å². The summed E-state index contributed by atoms with van der Waals surface area (Å²) < 4.78 is 12.0. The minimum absolute atomic E-state index is 0.114. The summed E-state index contributed by atoms with van der Waals surface area (Å²) in [6.45, 7) is 5.21. The maximum Gasteiger partial charge on any atom is 0.222 e. The zero-order valence-corrected chi connectivity index (χ0v) is 11.9. The van der Waals surface area contributed by atoms with Crippen molar-refractivity contribution in [2.45, 2.75) is 57.2 Å². The fourth-order valence-corrected chi connectivity index (χ4v) is 3.29. The molecule has 4 heteroatoms. The fourth-order valence-electron chi connectivity index (χ4n) is 3.29. The van der Waals surface area contributed by atoms with Crippen molar-refractivity contribution in [3.8, 4) is 0 Å². The van der Waals surface area contributed by atoms with Crippen LogP contribution in [0.4, 0.5) is 0 Å². The van der Waals surface area contributed by atoms with Crippen LogP contribution in [0.3, 0.4) is 0 Å². The Hall–Kier alpha value is -0.610. The number of carbonyl (C=O) groups excluding carboxylic acids is 1. The van der Waals surface area contributed by atoms with E-state index in [1.54, 1.807) is 0 Å². The second-order valence-corrected chi connectivity index (χ2v) is 6.37. The van der Waals surface area contributed by atoms with Crippen molar-refractivity contribution in [2.24, 2.45) is 5.92 Å². The molecular weight excluding hydrogens is 242 g/mol. The van der Waals surface area contributed by atoms with Crippen LogP contribution >= 0.6 is 0 Å². The van der Waals surface area contributed by atoms with Gasteiger partial charge in [0.1, 0.15) is 0 Å². The summed E-state index contributed by atoms with van der Waals surface area (Å²) in [5.74, 6) is 1.06. The second-order valence-electron chi connectivity index (χ2n) is 6.37. The van der Waals surface area contributed by atoms with E-state index in [-0.39, 0.29) is 17.6 Å². The van der Waals surface area contributed by atoms with Crippen LogP contribution in [0.15, 0.2) is 0 Å². The van der Waals surface area contributed by atoms with E-state index in [1.165, 1.54) is 12.8 Å². The van der Waals surface area contributed by atoms with Gasteiger partial charge < -0.3 is 14.4 Å². The van der Waals surface area contributed by atoms with E-state index >= 15 is 0 Å². The average molecular weight is 267 g/mol. The molecule has 1 spiro atoms. The molecule has 2 atom stereocenters. The lowest BCUT2D eigenvalue weighted by Crippen LogP contribution is -2.50. The number of carbonyl (C=O) groups is 1. The van der Waals surface area contributed by atoms with Crippen LogP contribution in [-0.4, -0.2) is 48.8 Å². The monoisotopic (exact) mass is 267 g/mol. The first kappa shape index (κ1) is 13.4. The van der Waals surface area contributed by atoms with Gasteiger partial charge in [0.2, 0.25) is 5.91 Å². The van der Waals surface area contributed by atoms with Gasteiger partial charge in [-0.1, -0.05) is 6.92 Å². The van der Waals surface area contributed by atoms with Crippen LogP contribution < -0.4 is 0 Å². The lowest BCUT2D eigenvalue weighted by molar-refractivity contribution is -0.138. The van der Waals surface area contributed by atoms with Crippen LogP contribution in [0.5, 0.6) is 0 Å². The fraction of sp³-hybridized carbons (Fsp3) is 0.933. The number of likely N-dealkylation sites (tertiary alicyclic amines) is 1. The van der Waals surface area contributed by atoms with Crippen molar-refractivity contribution in [3.63, 3.8) is 0 Å². The Labute approximate surface area is 115 Å². The number of nitrogens with zero attached hydrogens (tertiary/aromatic N) is 1. The van der Waals surface area contributed by atoms with Gasteiger partial charge in [-0.25, -0.2) is 0 Å². The normalized spacial score (nSPS) is 35.0. The van der Waals surface area contributed by atoms with Gasteiger partial charge in [0.15, 0.2) is 0 Å². The number of hydrogen-bond acceptors (Lipinski definition) is 3. The topological polar surface area (TPSA) is 38.8 Å². The predicted molar refractivity (Wildman–Crippen MR) is 71.9 cm³/mol. The van der Waals surface area contributed by atoms with Crippen LogP contribution in [0.2, 0.25) is 0 Å². The Morgan fingerprint density at radius 2 is 2.32 bits per heavy atom. The Morgan fingerprint density at radius 3 is 3.05 bits per heavy atom. The van der Waals surface area contributed by atoms with E-state index in [4.69, 9.17) is 9.47 Å². The number of ether oxygens (including phenoxy) is 2. The zero-order chi connectivity index (χ0) is 13.3. The molecule has 2 saturated heterocycles. The van der Waals surface area contributed by atoms with Gasteiger partial charge >= 0.3 is 0 Å². The molecule has 0 N–H and O–H groups in total. The van der Waals surface area contributed by atoms with Crippen molar-refractivity contribution in [1.82, 2.24) is 4.90 Å². The van der Waals surface area contributed by atoms with Crippen molar-refractivity contribution < 1.29 is 14.3 Å². The summed E-state index contributed by atoms with van der Waals surface area (Å²) in [7, 11) is 0.